The lowest BCUT2D eigenvalue weighted by atomic mass is 10.00. The summed E-state index contributed by atoms with van der Waals surface area (Å²) < 4.78 is 56.2. The number of aromatic nitrogens is 2. The highest BCUT2D eigenvalue weighted by Crippen LogP contribution is 2.36. The molecule has 1 aromatic carbocycles. The van der Waals surface area contributed by atoms with Gasteiger partial charge in [-0.05, 0) is 31.2 Å². The lowest BCUT2D eigenvalue weighted by molar-refractivity contribution is 0.400. The second kappa shape index (κ2) is 5.77. The Labute approximate surface area is 136 Å². The number of hydrogen-bond acceptors (Lipinski definition) is 5. The van der Waals surface area contributed by atoms with Gasteiger partial charge in [-0.15, -0.1) is 0 Å². The molecule has 0 atom stereocenters. The minimum atomic E-state index is -4.38. The van der Waals surface area contributed by atoms with E-state index in [2.05, 4.69) is 10.1 Å². The van der Waals surface area contributed by atoms with Gasteiger partial charge in [-0.1, -0.05) is 5.16 Å². The summed E-state index contributed by atoms with van der Waals surface area (Å²) in [4.78, 5) is 3.03. The van der Waals surface area contributed by atoms with Gasteiger partial charge < -0.3 is 4.52 Å². The molecule has 0 radical (unpaired) electrons. The van der Waals surface area contributed by atoms with Crippen molar-refractivity contribution in [2.45, 2.75) is 11.8 Å². The van der Waals surface area contributed by atoms with Crippen molar-refractivity contribution >= 4 is 10.0 Å². The van der Waals surface area contributed by atoms with Gasteiger partial charge in [0, 0.05) is 23.5 Å². The van der Waals surface area contributed by atoms with Gasteiger partial charge in [0.05, 0.1) is 5.56 Å². The maximum absolute atomic E-state index is 14.4. The fourth-order valence-electron chi connectivity index (χ4n) is 2.33. The summed E-state index contributed by atoms with van der Waals surface area (Å²) in [5.74, 6) is -1.88. The molecule has 124 valence electrons. The Morgan fingerprint density at radius 3 is 2.58 bits per heavy atom. The number of nitrogens with two attached hydrogens (primary N) is 1. The number of halogens is 2. The molecule has 0 spiro atoms. The number of hydrogen-bond donors (Lipinski definition) is 1. The largest absolute Gasteiger partial charge is 0.360 e. The van der Waals surface area contributed by atoms with Crippen LogP contribution in [-0.4, -0.2) is 18.6 Å². The summed E-state index contributed by atoms with van der Waals surface area (Å²) >= 11 is 0. The first-order valence-electron chi connectivity index (χ1n) is 6.68. The molecular weight excluding hydrogens is 340 g/mol. The third kappa shape index (κ3) is 2.79. The SMILES string of the molecule is Cc1onc(-c2cccnc2)c1-c1cc(F)c(S(N)(=O)=O)cc1F. The minimum Gasteiger partial charge on any atom is -0.360 e. The lowest BCUT2D eigenvalue weighted by Gasteiger charge is -2.07. The van der Waals surface area contributed by atoms with Gasteiger partial charge in [0.2, 0.25) is 10.0 Å². The van der Waals surface area contributed by atoms with E-state index < -0.39 is 26.6 Å². The van der Waals surface area contributed by atoms with Crippen molar-refractivity contribution in [3.8, 4) is 22.4 Å². The van der Waals surface area contributed by atoms with Crippen LogP contribution in [0.2, 0.25) is 0 Å². The van der Waals surface area contributed by atoms with E-state index in [9.17, 15) is 17.2 Å². The Morgan fingerprint density at radius 1 is 1.21 bits per heavy atom. The maximum atomic E-state index is 14.4. The normalized spacial score (nSPS) is 11.7. The van der Waals surface area contributed by atoms with Gasteiger partial charge in [0.25, 0.3) is 0 Å². The van der Waals surface area contributed by atoms with E-state index in [-0.39, 0.29) is 22.6 Å². The lowest BCUT2D eigenvalue weighted by Crippen LogP contribution is -2.14. The predicted molar refractivity (Wildman–Crippen MR) is 81.2 cm³/mol. The van der Waals surface area contributed by atoms with Gasteiger partial charge in [0.1, 0.15) is 28.0 Å². The highest BCUT2D eigenvalue weighted by atomic mass is 32.2. The van der Waals surface area contributed by atoms with E-state index in [4.69, 9.17) is 9.66 Å². The third-order valence-corrected chi connectivity index (χ3v) is 4.32. The smallest absolute Gasteiger partial charge is 0.241 e. The van der Waals surface area contributed by atoms with Crippen LogP contribution in [-0.2, 0) is 10.0 Å². The predicted octanol–water partition coefficient (Wildman–Crippen LogP) is 2.64. The summed E-state index contributed by atoms with van der Waals surface area (Å²) in [5, 5.41) is 8.73. The standard InChI is InChI=1S/C15H11F2N3O3S/c1-8-14(15(20-23-8)9-3-2-4-19-7-9)10-5-12(17)13(6-11(10)16)24(18,21)22/h2-7H,1H3,(H2,18,21,22). The van der Waals surface area contributed by atoms with Crippen LogP contribution in [0.4, 0.5) is 8.78 Å². The highest BCUT2D eigenvalue weighted by molar-refractivity contribution is 7.89. The summed E-state index contributed by atoms with van der Waals surface area (Å²) in [7, 11) is -4.38. The third-order valence-electron chi connectivity index (χ3n) is 3.40. The number of nitrogens with zero attached hydrogens (tertiary/aromatic N) is 2. The van der Waals surface area contributed by atoms with Gasteiger partial charge in [0.15, 0.2) is 0 Å². The molecule has 0 aliphatic carbocycles. The van der Waals surface area contributed by atoms with Crippen LogP contribution in [0.5, 0.6) is 0 Å². The van der Waals surface area contributed by atoms with Crippen LogP contribution in [0.15, 0.2) is 46.1 Å². The van der Waals surface area contributed by atoms with Gasteiger partial charge in [-0.25, -0.2) is 22.3 Å². The molecule has 0 aliphatic rings. The van der Waals surface area contributed by atoms with Gasteiger partial charge in [-0.2, -0.15) is 0 Å². The molecule has 0 bridgehead atoms. The Hall–Kier alpha value is -2.65. The second-order valence-electron chi connectivity index (χ2n) is 5.01. The number of primary sulfonamides is 1. The van der Waals surface area contributed by atoms with Crippen LogP contribution in [0, 0.1) is 18.6 Å². The van der Waals surface area contributed by atoms with Gasteiger partial charge >= 0.3 is 0 Å². The number of pyridine rings is 1. The molecule has 0 aliphatic heterocycles. The molecule has 0 saturated heterocycles. The monoisotopic (exact) mass is 351 g/mol. The average molecular weight is 351 g/mol. The van der Waals surface area contributed by atoms with Crippen LogP contribution in [0.3, 0.4) is 0 Å². The molecule has 2 aromatic heterocycles. The van der Waals surface area contributed by atoms with Crippen molar-refractivity contribution in [2.24, 2.45) is 5.14 Å². The maximum Gasteiger partial charge on any atom is 0.241 e. The van der Waals surface area contributed by atoms with E-state index in [0.29, 0.717) is 11.6 Å². The van der Waals surface area contributed by atoms with Crippen molar-refractivity contribution in [1.29, 1.82) is 0 Å². The summed E-state index contributed by atoms with van der Waals surface area (Å²) in [6, 6.07) is 4.64. The minimum absolute atomic E-state index is 0.183. The zero-order valence-corrected chi connectivity index (χ0v) is 13.1. The zero-order valence-electron chi connectivity index (χ0n) is 12.3. The molecule has 9 heteroatoms. The highest BCUT2D eigenvalue weighted by Gasteiger charge is 2.24. The van der Waals surface area contributed by atoms with E-state index in [1.165, 1.54) is 13.1 Å². The molecule has 24 heavy (non-hydrogen) atoms. The Morgan fingerprint density at radius 2 is 1.96 bits per heavy atom. The first-order valence-corrected chi connectivity index (χ1v) is 8.22. The van der Waals surface area contributed by atoms with E-state index in [0.717, 1.165) is 6.07 Å². The molecule has 0 amide bonds. The quantitative estimate of drug-likeness (QED) is 0.782. The Kier molecular flexibility index (Phi) is 3.90. The molecule has 2 heterocycles. The Balaban J connectivity index is 2.25. The van der Waals surface area contributed by atoms with E-state index in [1.807, 2.05) is 0 Å². The number of benzene rings is 1. The summed E-state index contributed by atoms with van der Waals surface area (Å²) in [6.07, 6.45) is 3.05. The Bertz CT molecular complexity index is 1020. The fraction of sp³-hybridized carbons (Fsp3) is 0.0667. The first-order chi connectivity index (χ1) is 11.3. The first kappa shape index (κ1) is 16.2. The molecule has 0 unspecified atom stereocenters. The van der Waals surface area contributed by atoms with Crippen molar-refractivity contribution in [3.63, 3.8) is 0 Å². The number of sulfonamides is 1. The van der Waals surface area contributed by atoms with Crippen LogP contribution in [0.25, 0.3) is 22.4 Å². The van der Waals surface area contributed by atoms with Crippen molar-refractivity contribution in [3.05, 3.63) is 54.1 Å². The van der Waals surface area contributed by atoms with E-state index in [1.54, 1.807) is 18.3 Å². The van der Waals surface area contributed by atoms with Crippen molar-refractivity contribution in [2.75, 3.05) is 0 Å². The van der Waals surface area contributed by atoms with Crippen LogP contribution >= 0.6 is 0 Å². The summed E-state index contributed by atoms with van der Waals surface area (Å²) in [5.41, 5.74) is 0.833. The van der Waals surface area contributed by atoms with E-state index >= 15 is 0 Å². The molecule has 0 fully saturated rings. The number of rotatable bonds is 3. The fourth-order valence-corrected chi connectivity index (χ4v) is 2.93. The molecule has 2 N–H and O–H groups in total. The van der Waals surface area contributed by atoms with Gasteiger partial charge in [-0.3, -0.25) is 4.98 Å². The summed E-state index contributed by atoms with van der Waals surface area (Å²) in [6.45, 7) is 1.53. The van der Waals surface area contributed by atoms with Crippen molar-refractivity contribution in [1.82, 2.24) is 10.1 Å². The second-order valence-corrected chi connectivity index (χ2v) is 6.54. The topological polar surface area (TPSA) is 99.1 Å². The zero-order chi connectivity index (χ0) is 17.5. The molecule has 3 aromatic rings. The number of aryl methyl sites for hydroxylation is 1. The van der Waals surface area contributed by atoms with Crippen molar-refractivity contribution < 1.29 is 21.7 Å². The molecule has 0 saturated carbocycles. The molecule has 6 nitrogen and oxygen atoms in total. The van der Waals surface area contributed by atoms with Crippen LogP contribution < -0.4 is 5.14 Å². The average Bonchev–Trinajstić information content (AvgIpc) is 2.90. The molecular formula is C15H11F2N3O3S. The van der Waals surface area contributed by atoms with Crippen LogP contribution in [0.1, 0.15) is 5.76 Å². The molecule has 3 rings (SSSR count).